The first-order valence-electron chi connectivity index (χ1n) is 5.91. The first kappa shape index (κ1) is 14.5. The van der Waals surface area contributed by atoms with Gasteiger partial charge in [0.25, 0.3) is 11.7 Å². The van der Waals surface area contributed by atoms with Crippen molar-refractivity contribution in [1.29, 1.82) is 0 Å². The van der Waals surface area contributed by atoms with Crippen molar-refractivity contribution in [3.8, 4) is 0 Å². The van der Waals surface area contributed by atoms with E-state index in [1.54, 1.807) is 19.1 Å². The second-order valence-electron chi connectivity index (χ2n) is 4.42. The van der Waals surface area contributed by atoms with Crippen molar-refractivity contribution in [2.24, 2.45) is 0 Å². The minimum atomic E-state index is -4.40. The molecule has 1 aliphatic heterocycles. The van der Waals surface area contributed by atoms with E-state index in [0.29, 0.717) is 5.69 Å². The number of carbonyl (C=O) groups is 2. The van der Waals surface area contributed by atoms with Gasteiger partial charge in [0.2, 0.25) is 0 Å². The van der Waals surface area contributed by atoms with Gasteiger partial charge in [-0.05, 0) is 18.6 Å². The molecule has 0 unspecified atom stereocenters. The minimum Gasteiger partial charge on any atom is -0.370 e. The fourth-order valence-electron chi connectivity index (χ4n) is 2.10. The summed E-state index contributed by atoms with van der Waals surface area (Å²) in [5.41, 5.74) is 1.46. The molecule has 1 aliphatic rings. The van der Waals surface area contributed by atoms with Crippen molar-refractivity contribution in [3.63, 3.8) is 0 Å². The lowest BCUT2D eigenvalue weighted by molar-refractivity contribution is -0.173. The van der Waals surface area contributed by atoms with Crippen molar-refractivity contribution in [3.05, 3.63) is 29.3 Å². The fraction of sp³-hybridized carbons (Fsp3) is 0.385. The number of aryl methyl sites for hydroxylation is 1. The summed E-state index contributed by atoms with van der Waals surface area (Å²) < 4.78 is 40.3. The Labute approximate surface area is 113 Å². The van der Waals surface area contributed by atoms with Crippen molar-refractivity contribution in [1.82, 2.24) is 0 Å². The molecule has 1 amide bonds. The molecule has 108 valence electrons. The second kappa shape index (κ2) is 5.24. The van der Waals surface area contributed by atoms with Crippen LogP contribution in [0.5, 0.6) is 0 Å². The number of amides is 1. The van der Waals surface area contributed by atoms with Crippen molar-refractivity contribution in [2.45, 2.75) is 13.1 Å². The molecular formula is C13H12F3NO3. The van der Waals surface area contributed by atoms with Crippen molar-refractivity contribution >= 4 is 17.4 Å². The zero-order valence-corrected chi connectivity index (χ0v) is 10.7. The maximum atomic E-state index is 11.9. The number of nitrogens with zero attached hydrogens (tertiary/aromatic N) is 1. The van der Waals surface area contributed by atoms with Crippen LogP contribution < -0.4 is 4.90 Å². The first-order valence-corrected chi connectivity index (χ1v) is 5.91. The first-order chi connectivity index (χ1) is 9.31. The van der Waals surface area contributed by atoms with Gasteiger partial charge in [0.1, 0.15) is 6.61 Å². The van der Waals surface area contributed by atoms with Crippen LogP contribution in [-0.4, -0.2) is 37.6 Å². The fourth-order valence-corrected chi connectivity index (χ4v) is 2.10. The van der Waals surface area contributed by atoms with Gasteiger partial charge in [0, 0.05) is 6.54 Å². The molecule has 20 heavy (non-hydrogen) atoms. The number of para-hydroxylation sites is 1. The van der Waals surface area contributed by atoms with Crippen LogP contribution in [0.15, 0.2) is 18.2 Å². The Bertz CT molecular complexity index is 554. The van der Waals surface area contributed by atoms with E-state index in [4.69, 9.17) is 0 Å². The molecule has 0 radical (unpaired) electrons. The lowest BCUT2D eigenvalue weighted by atomic mass is 10.1. The summed E-state index contributed by atoms with van der Waals surface area (Å²) in [5.74, 6) is -1.37. The molecule has 0 atom stereocenters. The van der Waals surface area contributed by atoms with E-state index < -0.39 is 24.5 Å². The Balaban J connectivity index is 2.07. The highest BCUT2D eigenvalue weighted by Gasteiger charge is 2.36. The van der Waals surface area contributed by atoms with Crippen LogP contribution in [0.2, 0.25) is 0 Å². The monoisotopic (exact) mass is 287 g/mol. The number of rotatable bonds is 4. The molecule has 7 heteroatoms. The van der Waals surface area contributed by atoms with Gasteiger partial charge in [-0.2, -0.15) is 13.2 Å². The maximum absolute atomic E-state index is 11.9. The third kappa shape index (κ3) is 2.82. The van der Waals surface area contributed by atoms with Crippen LogP contribution in [0.4, 0.5) is 18.9 Å². The van der Waals surface area contributed by atoms with Gasteiger partial charge in [-0.3, -0.25) is 9.59 Å². The van der Waals surface area contributed by atoms with Gasteiger partial charge in [-0.25, -0.2) is 0 Å². The third-order valence-corrected chi connectivity index (χ3v) is 2.92. The minimum absolute atomic E-state index is 0.0848. The predicted octanol–water partition coefficient (Wildman–Crippen LogP) is 2.10. The van der Waals surface area contributed by atoms with Gasteiger partial charge >= 0.3 is 6.18 Å². The average molecular weight is 287 g/mol. The SMILES string of the molecule is Cc1cccc2c1N(CCOCC(F)(F)F)C(=O)C2=O. The number of halogens is 3. The molecule has 0 aromatic heterocycles. The predicted molar refractivity (Wildman–Crippen MR) is 64.7 cm³/mol. The van der Waals surface area contributed by atoms with Gasteiger partial charge in [0.15, 0.2) is 0 Å². The third-order valence-electron chi connectivity index (χ3n) is 2.92. The molecule has 0 fully saturated rings. The van der Waals surface area contributed by atoms with E-state index in [0.717, 1.165) is 5.56 Å². The van der Waals surface area contributed by atoms with E-state index in [9.17, 15) is 22.8 Å². The summed E-state index contributed by atoms with van der Waals surface area (Å²) in [4.78, 5) is 24.7. The van der Waals surface area contributed by atoms with E-state index in [1.165, 1.54) is 11.0 Å². The lowest BCUT2D eigenvalue weighted by Gasteiger charge is -2.18. The molecule has 0 bridgehead atoms. The smallest absolute Gasteiger partial charge is 0.370 e. The molecule has 0 saturated carbocycles. The van der Waals surface area contributed by atoms with Crippen molar-refractivity contribution in [2.75, 3.05) is 24.7 Å². The molecule has 0 saturated heterocycles. The van der Waals surface area contributed by atoms with E-state index in [1.807, 2.05) is 0 Å². The van der Waals surface area contributed by atoms with Gasteiger partial charge in [-0.1, -0.05) is 12.1 Å². The molecule has 0 N–H and O–H groups in total. The van der Waals surface area contributed by atoms with Crippen LogP contribution >= 0.6 is 0 Å². The Morgan fingerprint density at radius 1 is 1.25 bits per heavy atom. The number of Topliss-reactive ketones (excluding diaryl/α,β-unsaturated/α-hetero) is 1. The van der Waals surface area contributed by atoms with Crippen molar-refractivity contribution < 1.29 is 27.5 Å². The number of carbonyl (C=O) groups excluding carboxylic acids is 2. The zero-order chi connectivity index (χ0) is 14.9. The lowest BCUT2D eigenvalue weighted by Crippen LogP contribution is -2.34. The highest BCUT2D eigenvalue weighted by molar-refractivity contribution is 6.52. The second-order valence-corrected chi connectivity index (χ2v) is 4.42. The van der Waals surface area contributed by atoms with E-state index in [2.05, 4.69) is 4.74 Å². The van der Waals surface area contributed by atoms with Crippen LogP contribution in [0.3, 0.4) is 0 Å². The highest BCUT2D eigenvalue weighted by Crippen LogP contribution is 2.31. The Kier molecular flexibility index (Phi) is 3.80. The number of anilines is 1. The quantitative estimate of drug-likeness (QED) is 0.629. The van der Waals surface area contributed by atoms with E-state index >= 15 is 0 Å². The Hall–Kier alpha value is -1.89. The maximum Gasteiger partial charge on any atom is 0.411 e. The molecule has 1 aromatic carbocycles. The van der Waals surface area contributed by atoms with Crippen LogP contribution in [0.1, 0.15) is 15.9 Å². The Morgan fingerprint density at radius 2 is 1.95 bits per heavy atom. The number of benzene rings is 1. The molecule has 1 aromatic rings. The molecule has 2 rings (SSSR count). The summed E-state index contributed by atoms with van der Waals surface area (Å²) in [6.07, 6.45) is -4.40. The molecule has 0 aliphatic carbocycles. The Morgan fingerprint density at radius 3 is 2.60 bits per heavy atom. The zero-order valence-electron chi connectivity index (χ0n) is 10.7. The summed E-state index contributed by atoms with van der Waals surface area (Å²) in [6.45, 7) is -0.0112. The number of hydrogen-bond donors (Lipinski definition) is 0. The number of ketones is 1. The average Bonchev–Trinajstić information content (AvgIpc) is 2.60. The van der Waals surface area contributed by atoms with Gasteiger partial charge in [-0.15, -0.1) is 0 Å². The standard InChI is InChI=1S/C13H12F3NO3/c1-8-3-2-4-9-10(8)17(12(19)11(9)18)5-6-20-7-13(14,15)16/h2-4H,5-7H2,1H3. The van der Waals surface area contributed by atoms with Crippen LogP contribution in [-0.2, 0) is 9.53 Å². The topological polar surface area (TPSA) is 46.6 Å². The summed E-state index contributed by atoms with van der Waals surface area (Å²) in [7, 11) is 0. The largest absolute Gasteiger partial charge is 0.411 e. The summed E-state index contributed by atoms with van der Waals surface area (Å²) in [6, 6.07) is 4.91. The number of alkyl halides is 3. The highest BCUT2D eigenvalue weighted by atomic mass is 19.4. The molecule has 1 heterocycles. The number of ether oxygens (including phenoxy) is 1. The van der Waals surface area contributed by atoms with Gasteiger partial charge < -0.3 is 9.64 Å². The van der Waals surface area contributed by atoms with Gasteiger partial charge in [0.05, 0.1) is 17.9 Å². The normalized spacial score (nSPS) is 14.9. The van der Waals surface area contributed by atoms with E-state index in [-0.39, 0.29) is 18.7 Å². The molecular weight excluding hydrogens is 275 g/mol. The van der Waals surface area contributed by atoms with Crippen LogP contribution in [0.25, 0.3) is 0 Å². The summed E-state index contributed by atoms with van der Waals surface area (Å²) >= 11 is 0. The molecule has 0 spiro atoms. The van der Waals surface area contributed by atoms with Crippen LogP contribution in [0, 0.1) is 6.92 Å². The number of fused-ring (bicyclic) bond motifs is 1. The number of hydrogen-bond acceptors (Lipinski definition) is 3. The molecule has 4 nitrogen and oxygen atoms in total. The summed E-state index contributed by atoms with van der Waals surface area (Å²) in [5, 5.41) is 0.